The van der Waals surface area contributed by atoms with Gasteiger partial charge in [-0.05, 0) is 55.8 Å². The summed E-state index contributed by atoms with van der Waals surface area (Å²) in [5.41, 5.74) is 6.50. The lowest BCUT2D eigenvalue weighted by atomic mass is 10.1. The van der Waals surface area contributed by atoms with Crippen molar-refractivity contribution >= 4 is 25.1 Å². The first-order chi connectivity index (χ1) is 12.0. The molecule has 0 saturated heterocycles. The first kappa shape index (κ1) is 17.5. The lowest BCUT2D eigenvalue weighted by molar-refractivity contribution is 0.502. The van der Waals surface area contributed by atoms with E-state index in [1.807, 2.05) is 24.3 Å². The molecule has 3 nitrogen and oxygen atoms in total. The monoisotopic (exact) mass is 351 g/mol. The normalized spacial score (nSPS) is 12.0. The van der Waals surface area contributed by atoms with Crippen molar-refractivity contribution in [2.75, 3.05) is 4.90 Å². The molecule has 1 unspecified atom stereocenters. The largest absolute Gasteiger partial charge is 0.346 e. The van der Waals surface area contributed by atoms with Gasteiger partial charge in [0.2, 0.25) is 0 Å². The van der Waals surface area contributed by atoms with E-state index < -0.39 is 8.03 Å². The number of rotatable bonds is 5. The zero-order valence-corrected chi connectivity index (χ0v) is 15.4. The van der Waals surface area contributed by atoms with Crippen LogP contribution >= 0.6 is 8.03 Å². The average molecular weight is 351 g/mol. The quantitative estimate of drug-likeness (QED) is 0.596. The maximum Gasteiger partial charge on any atom is 0.193 e. The Hall–Kier alpha value is -2.35. The molecule has 0 aromatic heterocycles. The third kappa shape index (κ3) is 4.39. The van der Waals surface area contributed by atoms with Gasteiger partial charge in [0, 0.05) is 23.2 Å². The predicted octanol–water partition coefficient (Wildman–Crippen LogP) is 5.74. The molecular formula is C21H22NO2P. The van der Waals surface area contributed by atoms with Crippen molar-refractivity contribution in [1.29, 1.82) is 0 Å². The van der Waals surface area contributed by atoms with Crippen LogP contribution < -0.4 is 4.90 Å². The predicted molar refractivity (Wildman–Crippen MR) is 106 cm³/mol. The number of hydrogen-bond acceptors (Lipinski definition) is 2. The lowest BCUT2D eigenvalue weighted by Gasteiger charge is -2.26. The topological polar surface area (TPSA) is 40.5 Å². The van der Waals surface area contributed by atoms with Crippen LogP contribution in [0.15, 0.2) is 72.8 Å². The molecule has 1 N–H and O–H groups in total. The van der Waals surface area contributed by atoms with Crippen molar-refractivity contribution in [3.63, 3.8) is 0 Å². The molecule has 3 rings (SSSR count). The molecule has 25 heavy (non-hydrogen) atoms. The Kier molecular flexibility index (Phi) is 5.37. The second-order valence-corrected chi connectivity index (χ2v) is 7.38. The van der Waals surface area contributed by atoms with Crippen LogP contribution in [-0.2, 0) is 10.7 Å². The van der Waals surface area contributed by atoms with Crippen LogP contribution in [0.4, 0.5) is 17.1 Å². The van der Waals surface area contributed by atoms with Gasteiger partial charge in [-0.15, -0.1) is 0 Å². The van der Waals surface area contributed by atoms with Crippen LogP contribution in [0.1, 0.15) is 16.7 Å². The third-order valence-electron chi connectivity index (χ3n) is 4.13. The minimum Gasteiger partial charge on any atom is -0.346 e. The summed E-state index contributed by atoms with van der Waals surface area (Å²) in [5, 5.41) is 0. The Balaban J connectivity index is 2.02. The van der Waals surface area contributed by atoms with Gasteiger partial charge in [0.25, 0.3) is 0 Å². The smallest absolute Gasteiger partial charge is 0.193 e. The number of benzene rings is 3. The maximum atomic E-state index is 11.1. The highest BCUT2D eigenvalue weighted by molar-refractivity contribution is 7.37. The van der Waals surface area contributed by atoms with Crippen LogP contribution in [0.5, 0.6) is 0 Å². The van der Waals surface area contributed by atoms with E-state index in [-0.39, 0.29) is 6.16 Å². The Morgan fingerprint density at radius 1 is 0.720 bits per heavy atom. The first-order valence-corrected chi connectivity index (χ1v) is 9.83. The molecule has 0 spiro atoms. The summed E-state index contributed by atoms with van der Waals surface area (Å²) in [6.45, 7) is 4.15. The van der Waals surface area contributed by atoms with Gasteiger partial charge >= 0.3 is 0 Å². The minimum atomic E-state index is -2.50. The molecule has 0 bridgehead atoms. The summed E-state index contributed by atoms with van der Waals surface area (Å²) in [7, 11) is -2.50. The van der Waals surface area contributed by atoms with E-state index in [0.29, 0.717) is 0 Å². The Morgan fingerprint density at radius 3 is 1.44 bits per heavy atom. The highest BCUT2D eigenvalue weighted by atomic mass is 31.1. The Morgan fingerprint density at radius 2 is 1.08 bits per heavy atom. The van der Waals surface area contributed by atoms with Crippen LogP contribution in [0.3, 0.4) is 0 Å². The molecule has 128 valence electrons. The van der Waals surface area contributed by atoms with Crippen LogP contribution in [0.25, 0.3) is 0 Å². The number of hydrogen-bond donors (Lipinski definition) is 1. The van der Waals surface area contributed by atoms with E-state index in [0.717, 1.165) is 22.6 Å². The van der Waals surface area contributed by atoms with Crippen molar-refractivity contribution in [2.45, 2.75) is 20.0 Å². The Bertz CT molecular complexity index is 810. The average Bonchev–Trinajstić information content (AvgIpc) is 2.59. The van der Waals surface area contributed by atoms with E-state index in [1.165, 1.54) is 11.1 Å². The van der Waals surface area contributed by atoms with E-state index >= 15 is 0 Å². The molecule has 3 aromatic carbocycles. The van der Waals surface area contributed by atoms with Crippen molar-refractivity contribution in [3.05, 3.63) is 89.5 Å². The summed E-state index contributed by atoms with van der Waals surface area (Å²) >= 11 is 0. The van der Waals surface area contributed by atoms with E-state index in [4.69, 9.17) is 4.89 Å². The second kappa shape index (κ2) is 7.69. The molecule has 0 fully saturated rings. The van der Waals surface area contributed by atoms with Gasteiger partial charge in [-0.25, -0.2) is 0 Å². The van der Waals surface area contributed by atoms with Crippen LogP contribution in [-0.4, -0.2) is 4.89 Å². The molecule has 3 aromatic rings. The molecular weight excluding hydrogens is 329 g/mol. The van der Waals surface area contributed by atoms with Crippen molar-refractivity contribution in [3.8, 4) is 0 Å². The van der Waals surface area contributed by atoms with Crippen molar-refractivity contribution in [2.24, 2.45) is 0 Å². The molecule has 0 heterocycles. The van der Waals surface area contributed by atoms with Crippen LogP contribution in [0.2, 0.25) is 0 Å². The zero-order chi connectivity index (χ0) is 17.8. The molecule has 0 aliphatic carbocycles. The standard InChI is InChI=1S/C21H22NO2P/c1-16-3-9-19(10-4-16)22(20-11-5-17(2)6-12-20)21-13-7-18(8-14-21)15-25(23)24/h3-14,25H,15H2,1-2H3,(H,23,24). The molecule has 0 radical (unpaired) electrons. The molecule has 0 aliphatic heterocycles. The SMILES string of the molecule is Cc1ccc(N(c2ccc(C)cc2)c2ccc(C[PH](=O)O)cc2)cc1. The highest BCUT2D eigenvalue weighted by Crippen LogP contribution is 2.35. The summed E-state index contributed by atoms with van der Waals surface area (Å²) in [4.78, 5) is 11.3. The van der Waals surface area contributed by atoms with E-state index in [9.17, 15) is 4.57 Å². The molecule has 0 saturated carbocycles. The second-order valence-electron chi connectivity index (χ2n) is 6.24. The number of nitrogens with zero attached hydrogens (tertiary/aromatic N) is 1. The fourth-order valence-electron chi connectivity index (χ4n) is 2.77. The van der Waals surface area contributed by atoms with E-state index in [1.54, 1.807) is 0 Å². The van der Waals surface area contributed by atoms with Gasteiger partial charge in [0.15, 0.2) is 8.03 Å². The number of anilines is 3. The van der Waals surface area contributed by atoms with Gasteiger partial charge in [-0.3, -0.25) is 4.57 Å². The molecule has 1 atom stereocenters. The van der Waals surface area contributed by atoms with Crippen LogP contribution in [0, 0.1) is 13.8 Å². The molecule has 0 amide bonds. The summed E-state index contributed by atoms with van der Waals surface area (Å²) in [6.07, 6.45) is 0.222. The minimum absolute atomic E-state index is 0.222. The third-order valence-corrected chi connectivity index (χ3v) is 4.84. The number of aryl methyl sites for hydroxylation is 2. The fraction of sp³-hybridized carbons (Fsp3) is 0.143. The highest BCUT2D eigenvalue weighted by Gasteiger charge is 2.12. The van der Waals surface area contributed by atoms with E-state index in [2.05, 4.69) is 67.3 Å². The van der Waals surface area contributed by atoms with Crippen molar-refractivity contribution in [1.82, 2.24) is 0 Å². The lowest BCUT2D eigenvalue weighted by Crippen LogP contribution is -2.09. The van der Waals surface area contributed by atoms with Gasteiger partial charge in [0.1, 0.15) is 0 Å². The first-order valence-electron chi connectivity index (χ1n) is 8.27. The summed E-state index contributed by atoms with van der Waals surface area (Å²) in [6, 6.07) is 24.7. The van der Waals surface area contributed by atoms with Gasteiger partial charge < -0.3 is 9.79 Å². The molecule has 4 heteroatoms. The molecule has 0 aliphatic rings. The van der Waals surface area contributed by atoms with Gasteiger partial charge in [0.05, 0.1) is 0 Å². The van der Waals surface area contributed by atoms with Gasteiger partial charge in [-0.2, -0.15) is 0 Å². The summed E-state index contributed by atoms with van der Waals surface area (Å²) < 4.78 is 11.1. The van der Waals surface area contributed by atoms with Crippen molar-refractivity contribution < 1.29 is 9.46 Å². The zero-order valence-electron chi connectivity index (χ0n) is 14.4. The Labute approximate surface area is 149 Å². The summed E-state index contributed by atoms with van der Waals surface area (Å²) in [5.74, 6) is 0. The fourth-order valence-corrected chi connectivity index (χ4v) is 3.36. The van der Waals surface area contributed by atoms with Gasteiger partial charge in [-0.1, -0.05) is 47.5 Å². The maximum absolute atomic E-state index is 11.1.